The Kier molecular flexibility index (Phi) is 6.38. The summed E-state index contributed by atoms with van der Waals surface area (Å²) in [6.45, 7) is 5.33. The molecular formula is C9H18N2O. The molecule has 3 heteroatoms. The maximum atomic E-state index is 5.42. The van der Waals surface area contributed by atoms with Crippen molar-refractivity contribution in [3.63, 3.8) is 0 Å². The summed E-state index contributed by atoms with van der Waals surface area (Å²) < 4.78 is 5.27. The van der Waals surface area contributed by atoms with Crippen molar-refractivity contribution in [1.29, 1.82) is 0 Å². The minimum absolute atomic E-state index is 0.410. The molecule has 1 atom stereocenters. The van der Waals surface area contributed by atoms with Crippen LogP contribution >= 0.6 is 0 Å². The number of rotatable bonds is 5. The molecule has 3 nitrogen and oxygen atoms in total. The molecule has 0 radical (unpaired) electrons. The van der Waals surface area contributed by atoms with Crippen LogP contribution in [0.15, 0.2) is 16.8 Å². The molecule has 0 aliphatic rings. The zero-order valence-corrected chi connectivity index (χ0v) is 8.08. The van der Waals surface area contributed by atoms with Crippen LogP contribution in [-0.2, 0) is 4.74 Å². The van der Waals surface area contributed by atoms with Crippen LogP contribution in [0.2, 0.25) is 0 Å². The summed E-state index contributed by atoms with van der Waals surface area (Å²) in [7, 11) is 1.74. The first-order chi connectivity index (χ1) is 5.70. The van der Waals surface area contributed by atoms with Crippen LogP contribution in [-0.4, -0.2) is 26.4 Å². The van der Waals surface area contributed by atoms with Gasteiger partial charge in [-0.3, -0.25) is 4.99 Å². The average molecular weight is 170 g/mol. The van der Waals surface area contributed by atoms with Crippen LogP contribution in [0, 0.1) is 5.92 Å². The first-order valence-corrected chi connectivity index (χ1v) is 4.11. The van der Waals surface area contributed by atoms with E-state index in [0.29, 0.717) is 19.1 Å². The van der Waals surface area contributed by atoms with E-state index in [4.69, 9.17) is 10.5 Å². The number of hydrogen-bond donors (Lipinski definition) is 1. The van der Waals surface area contributed by atoms with E-state index in [1.165, 1.54) is 0 Å². The second kappa shape index (κ2) is 6.85. The molecule has 0 unspecified atom stereocenters. The van der Waals surface area contributed by atoms with Gasteiger partial charge in [-0.25, -0.2) is 0 Å². The van der Waals surface area contributed by atoms with Crippen molar-refractivity contribution in [3.8, 4) is 0 Å². The number of nitrogens with two attached hydrogens (primary N) is 1. The fraction of sp³-hybridized carbons (Fsp3) is 0.667. The molecule has 12 heavy (non-hydrogen) atoms. The highest BCUT2D eigenvalue weighted by Gasteiger charge is 1.96. The molecule has 0 saturated heterocycles. The molecule has 0 heterocycles. The van der Waals surface area contributed by atoms with Gasteiger partial charge in [-0.15, -0.1) is 0 Å². The third kappa shape index (κ3) is 5.92. The second-order valence-corrected chi connectivity index (χ2v) is 2.92. The molecule has 0 aromatic rings. The van der Waals surface area contributed by atoms with Gasteiger partial charge in [0.25, 0.3) is 0 Å². The van der Waals surface area contributed by atoms with Gasteiger partial charge in [-0.1, -0.05) is 6.92 Å². The normalized spacial score (nSPS) is 15.2. The summed E-state index contributed by atoms with van der Waals surface area (Å²) in [4.78, 5) is 3.86. The molecule has 2 N–H and O–H groups in total. The maximum absolute atomic E-state index is 5.42. The van der Waals surface area contributed by atoms with Crippen molar-refractivity contribution >= 4 is 6.21 Å². The van der Waals surface area contributed by atoms with Crippen LogP contribution in [0.3, 0.4) is 0 Å². The first kappa shape index (κ1) is 11.2. The quantitative estimate of drug-likeness (QED) is 0.498. The van der Waals surface area contributed by atoms with E-state index in [1.807, 2.05) is 6.92 Å². The molecule has 0 aliphatic carbocycles. The summed E-state index contributed by atoms with van der Waals surface area (Å²) >= 11 is 0. The predicted molar refractivity (Wildman–Crippen MR) is 52.3 cm³/mol. The van der Waals surface area contributed by atoms with Crippen molar-refractivity contribution in [3.05, 3.63) is 11.8 Å². The molecule has 0 rings (SSSR count). The van der Waals surface area contributed by atoms with Gasteiger partial charge < -0.3 is 10.5 Å². The van der Waals surface area contributed by atoms with Gasteiger partial charge in [0.1, 0.15) is 0 Å². The lowest BCUT2D eigenvalue weighted by Crippen LogP contribution is -2.15. The molecule has 0 aromatic heterocycles. The zero-order valence-electron chi connectivity index (χ0n) is 8.08. The lowest BCUT2D eigenvalue weighted by atomic mass is 10.2. The molecule has 0 aliphatic heterocycles. The molecule has 0 amide bonds. The van der Waals surface area contributed by atoms with Gasteiger partial charge in [-0.05, 0) is 13.5 Å². The van der Waals surface area contributed by atoms with Crippen molar-refractivity contribution in [1.82, 2.24) is 0 Å². The maximum Gasteiger partial charge on any atom is 0.0911 e. The molecule has 0 saturated carbocycles. The van der Waals surface area contributed by atoms with Gasteiger partial charge >= 0.3 is 0 Å². The number of allylic oxidation sites excluding steroid dienone is 1. The van der Waals surface area contributed by atoms with Crippen molar-refractivity contribution in [2.24, 2.45) is 16.6 Å². The van der Waals surface area contributed by atoms with Crippen LogP contribution in [0.4, 0.5) is 0 Å². The number of nitrogens with zero attached hydrogens (tertiary/aromatic N) is 1. The molecule has 0 fully saturated rings. The summed E-state index contributed by atoms with van der Waals surface area (Å²) in [5, 5.41) is 0. The smallest absolute Gasteiger partial charge is 0.0911 e. The number of aliphatic imine (C=N–C) groups is 1. The fourth-order valence-electron chi connectivity index (χ4n) is 0.646. The Hall–Kier alpha value is -0.830. The van der Waals surface area contributed by atoms with Gasteiger partial charge in [0.15, 0.2) is 0 Å². The topological polar surface area (TPSA) is 47.6 Å². The van der Waals surface area contributed by atoms with Gasteiger partial charge in [0, 0.05) is 24.8 Å². The van der Waals surface area contributed by atoms with E-state index < -0.39 is 0 Å². The summed E-state index contributed by atoms with van der Waals surface area (Å²) in [6.07, 6.45) is 3.46. The molecule has 0 aromatic carbocycles. The standard InChI is InChI=1S/C9H18N2O/c1-8(4-10)6-12-7-9(2)5-11-3/h5,7-8H,4,6,10H2,1-3H3/b9-7+,11-5-/t8-/m0/s1. The monoisotopic (exact) mass is 170 g/mol. The Morgan fingerprint density at radius 3 is 2.83 bits per heavy atom. The summed E-state index contributed by atoms with van der Waals surface area (Å²) in [5.41, 5.74) is 6.44. The lowest BCUT2D eigenvalue weighted by molar-refractivity contribution is 0.205. The van der Waals surface area contributed by atoms with E-state index >= 15 is 0 Å². The Morgan fingerprint density at radius 1 is 1.67 bits per heavy atom. The third-order valence-electron chi connectivity index (χ3n) is 1.39. The molecular weight excluding hydrogens is 152 g/mol. The van der Waals surface area contributed by atoms with Gasteiger partial charge in [0.2, 0.25) is 0 Å². The molecule has 0 bridgehead atoms. The van der Waals surface area contributed by atoms with E-state index in [1.54, 1.807) is 19.5 Å². The first-order valence-electron chi connectivity index (χ1n) is 4.11. The number of ether oxygens (including phenoxy) is 1. The minimum atomic E-state index is 0.410. The third-order valence-corrected chi connectivity index (χ3v) is 1.39. The Bertz CT molecular complexity index is 164. The summed E-state index contributed by atoms with van der Waals surface area (Å²) in [5.74, 6) is 0.410. The number of hydrogen-bond acceptors (Lipinski definition) is 3. The molecule has 70 valence electrons. The van der Waals surface area contributed by atoms with Crippen LogP contribution < -0.4 is 5.73 Å². The van der Waals surface area contributed by atoms with E-state index in [-0.39, 0.29) is 0 Å². The highest BCUT2D eigenvalue weighted by atomic mass is 16.5. The minimum Gasteiger partial charge on any atom is -0.501 e. The van der Waals surface area contributed by atoms with Crippen molar-refractivity contribution in [2.75, 3.05) is 20.2 Å². The Balaban J connectivity index is 3.59. The lowest BCUT2D eigenvalue weighted by Gasteiger charge is -2.06. The van der Waals surface area contributed by atoms with Crippen molar-refractivity contribution < 1.29 is 4.74 Å². The molecule has 0 spiro atoms. The average Bonchev–Trinajstić information content (AvgIpc) is 2.04. The summed E-state index contributed by atoms with van der Waals surface area (Å²) in [6, 6.07) is 0. The highest BCUT2D eigenvalue weighted by Crippen LogP contribution is 1.95. The second-order valence-electron chi connectivity index (χ2n) is 2.92. The van der Waals surface area contributed by atoms with Gasteiger partial charge in [0.05, 0.1) is 12.9 Å². The van der Waals surface area contributed by atoms with Crippen LogP contribution in [0.5, 0.6) is 0 Å². The van der Waals surface area contributed by atoms with Gasteiger partial charge in [-0.2, -0.15) is 0 Å². The Morgan fingerprint density at radius 2 is 2.33 bits per heavy atom. The SMILES string of the molecule is C/N=C\C(C)=C\OC[C@@H](C)CN. The van der Waals surface area contributed by atoms with E-state index in [0.717, 1.165) is 5.57 Å². The van der Waals surface area contributed by atoms with E-state index in [9.17, 15) is 0 Å². The van der Waals surface area contributed by atoms with Crippen molar-refractivity contribution in [2.45, 2.75) is 13.8 Å². The van der Waals surface area contributed by atoms with Crippen LogP contribution in [0.1, 0.15) is 13.8 Å². The Labute approximate surface area is 74.3 Å². The van der Waals surface area contributed by atoms with Crippen LogP contribution in [0.25, 0.3) is 0 Å². The highest BCUT2D eigenvalue weighted by molar-refractivity contribution is 5.76. The predicted octanol–water partition coefficient (Wildman–Crippen LogP) is 1.20. The fourth-order valence-corrected chi connectivity index (χ4v) is 0.646. The van der Waals surface area contributed by atoms with E-state index in [2.05, 4.69) is 11.9 Å². The largest absolute Gasteiger partial charge is 0.501 e. The zero-order chi connectivity index (χ0) is 9.40.